The van der Waals surface area contributed by atoms with Crippen molar-refractivity contribution in [1.29, 1.82) is 0 Å². The van der Waals surface area contributed by atoms with Gasteiger partial charge in [0.05, 0.1) is 0 Å². The number of amides is 2. The Morgan fingerprint density at radius 1 is 1.14 bits per heavy atom. The van der Waals surface area contributed by atoms with Gasteiger partial charge in [0.1, 0.15) is 0 Å². The van der Waals surface area contributed by atoms with Gasteiger partial charge in [-0.15, -0.1) is 0 Å². The van der Waals surface area contributed by atoms with E-state index in [-0.39, 0.29) is 6.03 Å². The zero-order valence-electron chi connectivity index (χ0n) is 11.8. The lowest BCUT2D eigenvalue weighted by atomic mass is 10.1. The summed E-state index contributed by atoms with van der Waals surface area (Å²) in [6, 6.07) is 15.1. The largest absolute Gasteiger partial charge is 0.334 e. The first kappa shape index (κ1) is 15.1. The van der Waals surface area contributed by atoms with Crippen LogP contribution in [-0.2, 0) is 6.54 Å². The van der Waals surface area contributed by atoms with Gasteiger partial charge in [0, 0.05) is 17.8 Å². The van der Waals surface area contributed by atoms with Crippen LogP contribution >= 0.6 is 11.6 Å². The topological polar surface area (TPSA) is 41.1 Å². The Balaban J connectivity index is 1.80. The van der Waals surface area contributed by atoms with Crippen molar-refractivity contribution in [3.05, 3.63) is 76.4 Å². The van der Waals surface area contributed by atoms with Crippen molar-refractivity contribution in [3.63, 3.8) is 0 Å². The number of hydrogen-bond acceptors (Lipinski definition) is 1. The first-order chi connectivity index (χ1) is 10.1. The second kappa shape index (κ2) is 7.50. The van der Waals surface area contributed by atoms with Gasteiger partial charge in [0.2, 0.25) is 0 Å². The summed E-state index contributed by atoms with van der Waals surface area (Å²) in [5.41, 5.74) is 3.24. The second-order valence-electron chi connectivity index (χ2n) is 4.64. The molecule has 2 N–H and O–H groups in total. The van der Waals surface area contributed by atoms with Crippen LogP contribution in [0.15, 0.2) is 54.7 Å². The Bertz CT molecular complexity index is 635. The molecule has 4 heteroatoms. The van der Waals surface area contributed by atoms with Gasteiger partial charge in [-0.05, 0) is 41.8 Å². The van der Waals surface area contributed by atoms with E-state index in [0.717, 1.165) is 16.7 Å². The summed E-state index contributed by atoms with van der Waals surface area (Å²) in [6.45, 7) is 2.53. The van der Waals surface area contributed by atoms with E-state index in [4.69, 9.17) is 11.6 Å². The van der Waals surface area contributed by atoms with Crippen LogP contribution in [0, 0.1) is 6.92 Å². The van der Waals surface area contributed by atoms with Crippen LogP contribution in [0.1, 0.15) is 16.7 Å². The Morgan fingerprint density at radius 2 is 1.86 bits per heavy atom. The number of hydrogen-bond donors (Lipinski definition) is 2. The summed E-state index contributed by atoms with van der Waals surface area (Å²) >= 11 is 5.80. The van der Waals surface area contributed by atoms with Crippen LogP contribution in [0.4, 0.5) is 4.79 Å². The van der Waals surface area contributed by atoms with Crippen LogP contribution in [0.3, 0.4) is 0 Å². The summed E-state index contributed by atoms with van der Waals surface area (Å²) in [6.07, 6.45) is 3.42. The Morgan fingerprint density at radius 3 is 2.57 bits per heavy atom. The van der Waals surface area contributed by atoms with Crippen LogP contribution in [0.25, 0.3) is 6.08 Å². The zero-order chi connectivity index (χ0) is 15.1. The highest BCUT2D eigenvalue weighted by Gasteiger charge is 2.00. The van der Waals surface area contributed by atoms with E-state index in [1.165, 1.54) is 0 Å². The Labute approximate surface area is 129 Å². The molecule has 0 atom stereocenters. The molecule has 0 radical (unpaired) electrons. The SMILES string of the molecule is Cc1ccccc1CNC(=O)N/C=C/c1ccc(Cl)cc1. The highest BCUT2D eigenvalue weighted by molar-refractivity contribution is 6.30. The Kier molecular flexibility index (Phi) is 5.41. The van der Waals surface area contributed by atoms with Gasteiger partial charge in [-0.3, -0.25) is 0 Å². The predicted octanol–water partition coefficient (Wildman–Crippen LogP) is 4.12. The third kappa shape index (κ3) is 4.97. The molecule has 0 spiro atoms. The van der Waals surface area contributed by atoms with E-state index in [0.29, 0.717) is 11.6 Å². The van der Waals surface area contributed by atoms with Crippen LogP contribution in [0.2, 0.25) is 5.02 Å². The fourth-order valence-corrected chi connectivity index (χ4v) is 1.95. The molecule has 0 aliphatic carbocycles. The molecule has 2 aromatic rings. The monoisotopic (exact) mass is 300 g/mol. The molecule has 0 aromatic heterocycles. The summed E-state index contributed by atoms with van der Waals surface area (Å²) < 4.78 is 0. The molecule has 0 bridgehead atoms. The average molecular weight is 301 g/mol. The van der Waals surface area contributed by atoms with E-state index in [2.05, 4.69) is 10.6 Å². The number of urea groups is 1. The van der Waals surface area contributed by atoms with E-state index in [1.807, 2.05) is 49.4 Å². The quantitative estimate of drug-likeness (QED) is 0.876. The normalized spacial score (nSPS) is 10.6. The summed E-state index contributed by atoms with van der Waals surface area (Å²) in [4.78, 5) is 11.7. The minimum absolute atomic E-state index is 0.233. The lowest BCUT2D eigenvalue weighted by molar-refractivity contribution is 0.244. The highest BCUT2D eigenvalue weighted by atomic mass is 35.5. The third-order valence-electron chi connectivity index (χ3n) is 3.06. The molecule has 2 rings (SSSR count). The summed E-state index contributed by atoms with van der Waals surface area (Å²) in [7, 11) is 0. The van der Waals surface area contributed by atoms with Gasteiger partial charge in [0.25, 0.3) is 0 Å². The standard InChI is InChI=1S/C17H17ClN2O/c1-13-4-2-3-5-15(13)12-20-17(21)19-11-10-14-6-8-16(18)9-7-14/h2-11H,12H2,1H3,(H2,19,20,21)/b11-10+. The number of carbonyl (C=O) groups is 1. The predicted molar refractivity (Wildman–Crippen MR) is 87.0 cm³/mol. The van der Waals surface area contributed by atoms with Crippen molar-refractivity contribution < 1.29 is 4.79 Å². The summed E-state index contributed by atoms with van der Waals surface area (Å²) in [5, 5.41) is 6.18. The number of nitrogens with one attached hydrogen (secondary N) is 2. The zero-order valence-corrected chi connectivity index (χ0v) is 12.5. The first-order valence-corrected chi connectivity index (χ1v) is 7.04. The maximum Gasteiger partial charge on any atom is 0.319 e. The smallest absolute Gasteiger partial charge is 0.319 e. The second-order valence-corrected chi connectivity index (χ2v) is 5.07. The van der Waals surface area contributed by atoms with Crippen molar-refractivity contribution in [1.82, 2.24) is 10.6 Å². The lowest BCUT2D eigenvalue weighted by Crippen LogP contribution is -2.31. The molecule has 108 valence electrons. The maximum atomic E-state index is 11.7. The summed E-state index contributed by atoms with van der Waals surface area (Å²) in [5.74, 6) is 0. The molecule has 2 amide bonds. The van der Waals surface area contributed by atoms with Crippen molar-refractivity contribution in [3.8, 4) is 0 Å². The van der Waals surface area contributed by atoms with E-state index in [9.17, 15) is 4.79 Å². The third-order valence-corrected chi connectivity index (χ3v) is 3.31. The van der Waals surface area contributed by atoms with Gasteiger partial charge in [-0.2, -0.15) is 0 Å². The van der Waals surface area contributed by atoms with Crippen LogP contribution in [-0.4, -0.2) is 6.03 Å². The fraction of sp³-hybridized carbons (Fsp3) is 0.118. The molecule has 0 fully saturated rings. The van der Waals surface area contributed by atoms with Crippen molar-refractivity contribution in [2.24, 2.45) is 0 Å². The molecule has 0 saturated carbocycles. The van der Waals surface area contributed by atoms with E-state index in [1.54, 1.807) is 18.3 Å². The maximum absolute atomic E-state index is 11.7. The Hall–Kier alpha value is -2.26. The molecular weight excluding hydrogens is 284 g/mol. The van der Waals surface area contributed by atoms with Crippen molar-refractivity contribution in [2.75, 3.05) is 0 Å². The van der Waals surface area contributed by atoms with Gasteiger partial charge in [-0.1, -0.05) is 48.0 Å². The molecule has 3 nitrogen and oxygen atoms in total. The van der Waals surface area contributed by atoms with Crippen molar-refractivity contribution >= 4 is 23.7 Å². The minimum atomic E-state index is -0.233. The van der Waals surface area contributed by atoms with Crippen molar-refractivity contribution in [2.45, 2.75) is 13.5 Å². The molecule has 0 aliphatic rings. The van der Waals surface area contributed by atoms with E-state index >= 15 is 0 Å². The molecule has 0 heterocycles. The molecular formula is C17H17ClN2O. The number of aryl methyl sites for hydroxylation is 1. The van der Waals surface area contributed by atoms with Gasteiger partial charge >= 0.3 is 6.03 Å². The molecule has 2 aromatic carbocycles. The molecule has 0 unspecified atom stereocenters. The number of carbonyl (C=O) groups excluding carboxylic acids is 1. The highest BCUT2D eigenvalue weighted by Crippen LogP contribution is 2.10. The molecule has 0 aliphatic heterocycles. The fourth-order valence-electron chi connectivity index (χ4n) is 1.82. The number of benzene rings is 2. The van der Waals surface area contributed by atoms with Gasteiger partial charge in [0.15, 0.2) is 0 Å². The van der Waals surface area contributed by atoms with Gasteiger partial charge < -0.3 is 10.6 Å². The number of rotatable bonds is 4. The van der Waals surface area contributed by atoms with E-state index < -0.39 is 0 Å². The minimum Gasteiger partial charge on any atom is -0.334 e. The first-order valence-electron chi connectivity index (χ1n) is 6.66. The lowest BCUT2D eigenvalue weighted by Gasteiger charge is -2.07. The van der Waals surface area contributed by atoms with Crippen LogP contribution in [0.5, 0.6) is 0 Å². The van der Waals surface area contributed by atoms with Crippen LogP contribution < -0.4 is 10.6 Å². The molecule has 0 saturated heterocycles. The average Bonchev–Trinajstić information content (AvgIpc) is 2.48. The molecule has 21 heavy (non-hydrogen) atoms. The number of halogens is 1. The van der Waals surface area contributed by atoms with Gasteiger partial charge in [-0.25, -0.2) is 4.79 Å².